The summed E-state index contributed by atoms with van der Waals surface area (Å²) < 4.78 is 50.5. The minimum atomic E-state index is -4.55. The zero-order valence-corrected chi connectivity index (χ0v) is 19.5. The van der Waals surface area contributed by atoms with Gasteiger partial charge in [-0.1, -0.05) is 45.7 Å². The van der Waals surface area contributed by atoms with Gasteiger partial charge in [-0.05, 0) is 53.6 Å². The Balaban J connectivity index is 1.69. The molecule has 0 saturated carbocycles. The quantitative estimate of drug-likeness (QED) is 0.275. The summed E-state index contributed by atoms with van der Waals surface area (Å²) in [6.07, 6.45) is -3.26. The molecule has 0 saturated heterocycles. The summed E-state index contributed by atoms with van der Waals surface area (Å²) >= 11 is 9.71. The molecular formula is C23H17BrClF3N2O3. The maximum atomic E-state index is 12.8. The van der Waals surface area contributed by atoms with Gasteiger partial charge < -0.3 is 9.47 Å². The molecule has 0 radical (unpaired) electrons. The van der Waals surface area contributed by atoms with Crippen molar-refractivity contribution in [1.29, 1.82) is 0 Å². The summed E-state index contributed by atoms with van der Waals surface area (Å²) in [5.74, 6) is -0.0950. The molecule has 0 aliphatic rings. The van der Waals surface area contributed by atoms with E-state index in [9.17, 15) is 18.0 Å². The number of alkyl halides is 3. The predicted octanol–water partition coefficient (Wildman–Crippen LogP) is 6.47. The average molecular weight is 542 g/mol. The van der Waals surface area contributed by atoms with E-state index in [4.69, 9.17) is 21.1 Å². The lowest BCUT2D eigenvalue weighted by atomic mass is 10.1. The Morgan fingerprint density at radius 2 is 1.88 bits per heavy atom. The van der Waals surface area contributed by atoms with Crippen molar-refractivity contribution in [3.63, 3.8) is 0 Å². The zero-order valence-electron chi connectivity index (χ0n) is 17.1. The number of carbonyl (C=O) groups is 1. The lowest BCUT2D eigenvalue weighted by molar-refractivity contribution is -0.137. The van der Waals surface area contributed by atoms with Gasteiger partial charge in [-0.15, -0.1) is 0 Å². The van der Waals surface area contributed by atoms with E-state index in [1.54, 1.807) is 12.1 Å². The van der Waals surface area contributed by atoms with Crippen molar-refractivity contribution in [3.05, 3.63) is 92.4 Å². The van der Waals surface area contributed by atoms with E-state index in [0.29, 0.717) is 17.1 Å². The molecular weight excluding hydrogens is 525 g/mol. The highest BCUT2D eigenvalue weighted by Gasteiger charge is 2.30. The Kier molecular flexibility index (Phi) is 7.99. The number of hydrazone groups is 1. The summed E-state index contributed by atoms with van der Waals surface area (Å²) in [6.45, 7) is 0.268. The molecule has 172 valence electrons. The van der Waals surface area contributed by atoms with Gasteiger partial charge in [0.2, 0.25) is 0 Å². The predicted molar refractivity (Wildman–Crippen MR) is 123 cm³/mol. The molecule has 0 aliphatic heterocycles. The second kappa shape index (κ2) is 10.7. The van der Waals surface area contributed by atoms with Crippen LogP contribution in [-0.4, -0.2) is 19.2 Å². The van der Waals surface area contributed by atoms with Gasteiger partial charge in [-0.3, -0.25) is 4.79 Å². The largest absolute Gasteiger partial charge is 0.493 e. The topological polar surface area (TPSA) is 59.9 Å². The Labute approximate surface area is 201 Å². The maximum Gasteiger partial charge on any atom is 0.416 e. The number of carbonyl (C=O) groups excluding carboxylic acids is 1. The van der Waals surface area contributed by atoms with Crippen molar-refractivity contribution in [3.8, 4) is 11.5 Å². The monoisotopic (exact) mass is 540 g/mol. The normalized spacial score (nSPS) is 11.5. The first-order valence-electron chi connectivity index (χ1n) is 9.43. The summed E-state index contributed by atoms with van der Waals surface area (Å²) in [5.41, 5.74) is 2.51. The molecule has 0 atom stereocenters. The molecule has 0 fully saturated rings. The molecule has 0 bridgehead atoms. The molecule has 3 aromatic carbocycles. The molecule has 0 heterocycles. The van der Waals surface area contributed by atoms with Crippen LogP contribution in [0.4, 0.5) is 13.2 Å². The second-order valence-electron chi connectivity index (χ2n) is 6.73. The highest BCUT2D eigenvalue weighted by Crippen LogP contribution is 2.36. The summed E-state index contributed by atoms with van der Waals surface area (Å²) in [6, 6.07) is 14.8. The number of benzene rings is 3. The first-order valence-corrected chi connectivity index (χ1v) is 10.6. The van der Waals surface area contributed by atoms with Crippen LogP contribution >= 0.6 is 27.5 Å². The molecule has 0 aliphatic carbocycles. The highest BCUT2D eigenvalue weighted by molar-refractivity contribution is 9.10. The number of methoxy groups -OCH3 is 1. The molecule has 3 aromatic rings. The summed E-state index contributed by atoms with van der Waals surface area (Å²) in [5, 5.41) is 4.05. The fourth-order valence-electron chi connectivity index (χ4n) is 2.76. The van der Waals surface area contributed by atoms with E-state index in [0.717, 1.165) is 28.2 Å². The van der Waals surface area contributed by atoms with Gasteiger partial charge in [0.25, 0.3) is 5.91 Å². The van der Waals surface area contributed by atoms with Crippen LogP contribution in [0.3, 0.4) is 0 Å². The number of amides is 1. The molecule has 3 rings (SSSR count). The van der Waals surface area contributed by atoms with E-state index in [-0.39, 0.29) is 17.2 Å². The number of nitrogens with one attached hydrogen (secondary N) is 1. The number of hydrogen-bond acceptors (Lipinski definition) is 4. The van der Waals surface area contributed by atoms with Gasteiger partial charge in [0.05, 0.1) is 23.9 Å². The van der Waals surface area contributed by atoms with Crippen molar-refractivity contribution < 1.29 is 27.4 Å². The Bertz CT molecular complexity index is 1170. The number of ether oxygens (including phenoxy) is 2. The molecule has 1 amide bonds. The van der Waals surface area contributed by atoms with Crippen LogP contribution in [0.1, 0.15) is 27.0 Å². The third-order valence-corrected chi connectivity index (χ3v) is 5.19. The molecule has 33 heavy (non-hydrogen) atoms. The SMILES string of the molecule is COc1cc(/C=N\NC(=O)c2cccc(C(F)(F)F)c2)cc(Cl)c1OCc1ccc(Br)cc1. The van der Waals surface area contributed by atoms with Crippen molar-refractivity contribution in [1.82, 2.24) is 5.43 Å². The van der Waals surface area contributed by atoms with Crippen LogP contribution in [0.25, 0.3) is 0 Å². The number of rotatable bonds is 7. The minimum Gasteiger partial charge on any atom is -0.493 e. The zero-order chi connectivity index (χ0) is 24.0. The van der Waals surface area contributed by atoms with E-state index in [1.807, 2.05) is 24.3 Å². The lowest BCUT2D eigenvalue weighted by Crippen LogP contribution is -2.18. The van der Waals surface area contributed by atoms with E-state index < -0.39 is 17.6 Å². The van der Waals surface area contributed by atoms with Crippen LogP contribution in [0.15, 0.2) is 70.2 Å². The smallest absolute Gasteiger partial charge is 0.416 e. The molecule has 0 aromatic heterocycles. The Morgan fingerprint density at radius 1 is 1.15 bits per heavy atom. The molecule has 0 spiro atoms. The summed E-state index contributed by atoms with van der Waals surface area (Å²) in [4.78, 5) is 12.1. The van der Waals surface area contributed by atoms with Gasteiger partial charge in [-0.25, -0.2) is 5.43 Å². The fraction of sp³-hybridized carbons (Fsp3) is 0.130. The number of hydrogen-bond donors (Lipinski definition) is 1. The van der Waals surface area contributed by atoms with Crippen molar-refractivity contribution in [2.75, 3.05) is 7.11 Å². The maximum absolute atomic E-state index is 12.8. The molecule has 5 nitrogen and oxygen atoms in total. The summed E-state index contributed by atoms with van der Waals surface area (Å²) in [7, 11) is 1.45. The Morgan fingerprint density at radius 3 is 2.55 bits per heavy atom. The molecule has 10 heteroatoms. The van der Waals surface area contributed by atoms with Crippen molar-refractivity contribution >= 4 is 39.7 Å². The third kappa shape index (κ3) is 6.72. The van der Waals surface area contributed by atoms with Crippen molar-refractivity contribution in [2.24, 2.45) is 5.10 Å². The Hall–Kier alpha value is -3.04. The van der Waals surface area contributed by atoms with E-state index >= 15 is 0 Å². The third-order valence-electron chi connectivity index (χ3n) is 4.38. The van der Waals surface area contributed by atoms with E-state index in [1.165, 1.54) is 19.4 Å². The standard InChI is InChI=1S/C23H17BrClF3N2O3/c1-32-20-10-15(9-19(25)21(20)33-13-14-5-7-18(24)8-6-14)12-29-30-22(31)16-3-2-4-17(11-16)23(26,27)28/h2-12H,13H2,1H3,(H,30,31)/b29-12-. The first-order chi connectivity index (χ1) is 15.7. The number of halogens is 5. The van der Waals surface area contributed by atoms with Crippen LogP contribution in [0.5, 0.6) is 11.5 Å². The van der Waals surface area contributed by atoms with Crippen LogP contribution in [-0.2, 0) is 12.8 Å². The first kappa shape index (κ1) is 24.6. The highest BCUT2D eigenvalue weighted by atomic mass is 79.9. The van der Waals surface area contributed by atoms with Crippen LogP contribution in [0.2, 0.25) is 5.02 Å². The van der Waals surface area contributed by atoms with Gasteiger partial charge in [0.15, 0.2) is 11.5 Å². The average Bonchev–Trinajstić information content (AvgIpc) is 2.78. The van der Waals surface area contributed by atoms with Gasteiger partial charge >= 0.3 is 6.18 Å². The van der Waals surface area contributed by atoms with Gasteiger partial charge in [0, 0.05) is 10.0 Å². The molecule has 0 unspecified atom stereocenters. The fourth-order valence-corrected chi connectivity index (χ4v) is 3.30. The van der Waals surface area contributed by atoms with Gasteiger partial charge in [-0.2, -0.15) is 18.3 Å². The van der Waals surface area contributed by atoms with Crippen LogP contribution in [0, 0.1) is 0 Å². The second-order valence-corrected chi connectivity index (χ2v) is 8.05. The minimum absolute atomic E-state index is 0.172. The van der Waals surface area contributed by atoms with Crippen LogP contribution < -0.4 is 14.9 Å². The van der Waals surface area contributed by atoms with E-state index in [2.05, 4.69) is 26.5 Å². The molecule has 1 N–H and O–H groups in total. The van der Waals surface area contributed by atoms with Gasteiger partial charge in [0.1, 0.15) is 6.61 Å². The number of nitrogens with zero attached hydrogens (tertiary/aromatic N) is 1. The lowest BCUT2D eigenvalue weighted by Gasteiger charge is -2.13. The van der Waals surface area contributed by atoms with Crippen molar-refractivity contribution in [2.45, 2.75) is 12.8 Å².